The van der Waals surface area contributed by atoms with Crippen molar-refractivity contribution in [1.29, 1.82) is 0 Å². The molecule has 20 heavy (non-hydrogen) atoms. The lowest BCUT2D eigenvalue weighted by Gasteiger charge is -2.08. The van der Waals surface area contributed by atoms with Crippen LogP contribution < -0.4 is 21.7 Å². The van der Waals surface area contributed by atoms with E-state index >= 15 is 0 Å². The standard InChI is InChI=1S/C14H17N3O3/c1-16-8-6-13(18)17(14(16)19)7-3-9-20-12-5-2-4-11(15)10-12/h2,4-6,8,10H,3,7,9,15H2,1H3. The molecule has 2 N–H and O–H groups in total. The van der Waals surface area contributed by atoms with Gasteiger partial charge in [-0.05, 0) is 18.6 Å². The molecule has 0 aliphatic heterocycles. The Kier molecular flexibility index (Phi) is 4.24. The molecule has 1 aromatic carbocycles. The zero-order valence-electron chi connectivity index (χ0n) is 11.3. The maximum absolute atomic E-state index is 11.8. The molecule has 2 aromatic rings. The summed E-state index contributed by atoms with van der Waals surface area (Å²) in [4.78, 5) is 23.4. The number of nitrogens with zero attached hydrogens (tertiary/aromatic N) is 2. The normalized spacial score (nSPS) is 10.4. The van der Waals surface area contributed by atoms with Crippen LogP contribution in [-0.4, -0.2) is 15.7 Å². The SMILES string of the molecule is Cn1ccc(=O)n(CCCOc2cccc(N)c2)c1=O. The number of hydrogen-bond acceptors (Lipinski definition) is 4. The molecule has 0 bridgehead atoms. The van der Waals surface area contributed by atoms with E-state index in [1.54, 1.807) is 19.2 Å². The molecule has 0 spiro atoms. The quantitative estimate of drug-likeness (QED) is 0.640. The van der Waals surface area contributed by atoms with Gasteiger partial charge >= 0.3 is 5.69 Å². The molecule has 0 aliphatic carbocycles. The Hall–Kier alpha value is -2.50. The molecule has 0 radical (unpaired) electrons. The topological polar surface area (TPSA) is 79.2 Å². The van der Waals surface area contributed by atoms with Crippen LogP contribution in [0.4, 0.5) is 5.69 Å². The number of nitrogens with two attached hydrogens (primary N) is 1. The van der Waals surface area contributed by atoms with Crippen molar-refractivity contribution in [2.75, 3.05) is 12.3 Å². The number of rotatable bonds is 5. The molecule has 0 atom stereocenters. The maximum Gasteiger partial charge on any atom is 0.330 e. The lowest BCUT2D eigenvalue weighted by atomic mass is 10.3. The molecule has 0 unspecified atom stereocenters. The first-order valence-electron chi connectivity index (χ1n) is 6.33. The Balaban J connectivity index is 1.93. The number of aromatic nitrogens is 2. The van der Waals surface area contributed by atoms with Crippen molar-refractivity contribution in [3.05, 3.63) is 57.4 Å². The van der Waals surface area contributed by atoms with E-state index in [0.29, 0.717) is 31.0 Å². The van der Waals surface area contributed by atoms with Crippen LogP contribution >= 0.6 is 0 Å². The fraction of sp³-hybridized carbons (Fsp3) is 0.286. The summed E-state index contributed by atoms with van der Waals surface area (Å²) in [5, 5.41) is 0. The van der Waals surface area contributed by atoms with E-state index in [0.717, 1.165) is 0 Å². The Labute approximate surface area is 116 Å². The molecular formula is C14H17N3O3. The first-order valence-corrected chi connectivity index (χ1v) is 6.33. The summed E-state index contributed by atoms with van der Waals surface area (Å²) < 4.78 is 8.09. The summed E-state index contributed by atoms with van der Waals surface area (Å²) in [6.07, 6.45) is 2.03. The van der Waals surface area contributed by atoms with Crippen molar-refractivity contribution >= 4 is 5.69 Å². The molecule has 0 saturated carbocycles. The summed E-state index contributed by atoms with van der Waals surface area (Å²) in [6, 6.07) is 8.50. The largest absolute Gasteiger partial charge is 0.493 e. The van der Waals surface area contributed by atoms with Gasteiger partial charge in [0.15, 0.2) is 0 Å². The van der Waals surface area contributed by atoms with Crippen LogP contribution in [0, 0.1) is 0 Å². The molecule has 6 nitrogen and oxygen atoms in total. The molecule has 1 heterocycles. The smallest absolute Gasteiger partial charge is 0.330 e. The summed E-state index contributed by atoms with van der Waals surface area (Å²) in [7, 11) is 1.61. The molecule has 0 aliphatic rings. The third-order valence-corrected chi connectivity index (χ3v) is 2.89. The fourth-order valence-corrected chi connectivity index (χ4v) is 1.84. The number of nitrogen functional groups attached to an aromatic ring is 1. The zero-order valence-corrected chi connectivity index (χ0v) is 11.3. The van der Waals surface area contributed by atoms with E-state index in [4.69, 9.17) is 10.5 Å². The van der Waals surface area contributed by atoms with Gasteiger partial charge in [0.05, 0.1) is 6.61 Å². The summed E-state index contributed by atoms with van der Waals surface area (Å²) in [5.74, 6) is 0.679. The highest BCUT2D eigenvalue weighted by Gasteiger charge is 2.02. The highest BCUT2D eigenvalue weighted by atomic mass is 16.5. The van der Waals surface area contributed by atoms with Crippen LogP contribution in [0.15, 0.2) is 46.1 Å². The lowest BCUT2D eigenvalue weighted by Crippen LogP contribution is -2.38. The predicted molar refractivity (Wildman–Crippen MR) is 76.9 cm³/mol. The van der Waals surface area contributed by atoms with Crippen LogP contribution in [-0.2, 0) is 13.6 Å². The van der Waals surface area contributed by atoms with Gasteiger partial charge in [-0.3, -0.25) is 9.36 Å². The predicted octanol–water partition coefficient (Wildman–Crippen LogP) is 0.598. The zero-order chi connectivity index (χ0) is 14.5. The van der Waals surface area contributed by atoms with E-state index in [9.17, 15) is 9.59 Å². The van der Waals surface area contributed by atoms with Crippen molar-refractivity contribution < 1.29 is 4.74 Å². The van der Waals surface area contributed by atoms with Gasteiger partial charge in [-0.15, -0.1) is 0 Å². The third-order valence-electron chi connectivity index (χ3n) is 2.89. The van der Waals surface area contributed by atoms with E-state index < -0.39 is 0 Å². The van der Waals surface area contributed by atoms with Crippen LogP contribution in [0.3, 0.4) is 0 Å². The van der Waals surface area contributed by atoms with Crippen LogP contribution in [0.25, 0.3) is 0 Å². The van der Waals surface area contributed by atoms with Gasteiger partial charge in [0, 0.05) is 37.6 Å². The first kappa shape index (κ1) is 13.9. The van der Waals surface area contributed by atoms with Crippen molar-refractivity contribution in [2.24, 2.45) is 7.05 Å². The molecule has 0 fully saturated rings. The van der Waals surface area contributed by atoms with E-state index in [1.165, 1.54) is 21.4 Å². The van der Waals surface area contributed by atoms with Gasteiger partial charge in [0.2, 0.25) is 0 Å². The van der Waals surface area contributed by atoms with Crippen LogP contribution in [0.2, 0.25) is 0 Å². The van der Waals surface area contributed by atoms with Crippen molar-refractivity contribution in [2.45, 2.75) is 13.0 Å². The number of anilines is 1. The number of benzene rings is 1. The average molecular weight is 275 g/mol. The van der Waals surface area contributed by atoms with E-state index in [-0.39, 0.29) is 11.2 Å². The van der Waals surface area contributed by atoms with Crippen LogP contribution in [0.5, 0.6) is 5.75 Å². The highest BCUT2D eigenvalue weighted by molar-refractivity contribution is 5.43. The van der Waals surface area contributed by atoms with Crippen molar-refractivity contribution in [1.82, 2.24) is 9.13 Å². The molecule has 0 amide bonds. The fourth-order valence-electron chi connectivity index (χ4n) is 1.84. The monoisotopic (exact) mass is 275 g/mol. The highest BCUT2D eigenvalue weighted by Crippen LogP contribution is 2.14. The van der Waals surface area contributed by atoms with Gasteiger partial charge in [-0.1, -0.05) is 6.07 Å². The van der Waals surface area contributed by atoms with Crippen LogP contribution in [0.1, 0.15) is 6.42 Å². The second-order valence-electron chi connectivity index (χ2n) is 4.47. The van der Waals surface area contributed by atoms with Gasteiger partial charge in [0.25, 0.3) is 5.56 Å². The summed E-state index contributed by atoms with van der Waals surface area (Å²) in [5.41, 5.74) is 5.66. The summed E-state index contributed by atoms with van der Waals surface area (Å²) >= 11 is 0. The molecule has 106 valence electrons. The van der Waals surface area contributed by atoms with Crippen molar-refractivity contribution in [3.8, 4) is 5.75 Å². The average Bonchev–Trinajstić information content (AvgIpc) is 2.42. The molecule has 2 rings (SSSR count). The van der Waals surface area contributed by atoms with Gasteiger partial charge in [-0.25, -0.2) is 4.79 Å². The Morgan fingerprint density at radius 2 is 2.05 bits per heavy atom. The lowest BCUT2D eigenvalue weighted by molar-refractivity contribution is 0.299. The number of aryl methyl sites for hydroxylation is 1. The van der Waals surface area contributed by atoms with Crippen molar-refractivity contribution in [3.63, 3.8) is 0 Å². The Morgan fingerprint density at radius 1 is 1.25 bits per heavy atom. The third kappa shape index (κ3) is 3.28. The molecule has 6 heteroatoms. The van der Waals surface area contributed by atoms with Gasteiger partial charge in [-0.2, -0.15) is 0 Å². The summed E-state index contributed by atoms with van der Waals surface area (Å²) in [6.45, 7) is 0.739. The van der Waals surface area contributed by atoms with E-state index in [1.807, 2.05) is 12.1 Å². The maximum atomic E-state index is 11.8. The van der Waals surface area contributed by atoms with Gasteiger partial charge < -0.3 is 15.0 Å². The minimum atomic E-state index is -0.318. The molecular weight excluding hydrogens is 258 g/mol. The minimum Gasteiger partial charge on any atom is -0.493 e. The second kappa shape index (κ2) is 6.10. The van der Waals surface area contributed by atoms with Gasteiger partial charge in [0.1, 0.15) is 5.75 Å². The Morgan fingerprint density at radius 3 is 2.80 bits per heavy atom. The Bertz CT molecular complexity index is 703. The first-order chi connectivity index (χ1) is 9.58. The second-order valence-corrected chi connectivity index (χ2v) is 4.47. The van der Waals surface area contributed by atoms with E-state index in [2.05, 4.69) is 0 Å². The number of hydrogen-bond donors (Lipinski definition) is 1. The molecule has 1 aromatic heterocycles. The number of ether oxygens (including phenoxy) is 1. The minimum absolute atomic E-state index is 0.294. The molecule has 0 saturated heterocycles.